The zero-order valence-corrected chi connectivity index (χ0v) is 15.4. The molecule has 0 unspecified atom stereocenters. The minimum absolute atomic E-state index is 0.481. The molecule has 0 radical (unpaired) electrons. The molecule has 25 heavy (non-hydrogen) atoms. The molecular formula is C21H21O3P. The van der Waals surface area contributed by atoms with Gasteiger partial charge >= 0.3 is 8.60 Å². The lowest BCUT2D eigenvalue weighted by Gasteiger charge is -2.20. The SMILES string of the molecule is Cc1ccccc1-c1c(C)ccc(OP(O)O)c1-c1ccccc1C. The summed E-state index contributed by atoms with van der Waals surface area (Å²) in [5, 5.41) is 0. The Kier molecular flexibility index (Phi) is 5.19. The number of aryl methyl sites for hydroxylation is 3. The van der Waals surface area contributed by atoms with E-state index in [0.717, 1.165) is 38.9 Å². The smallest absolute Gasteiger partial charge is 0.391 e. The molecule has 0 aliphatic heterocycles. The summed E-state index contributed by atoms with van der Waals surface area (Å²) in [5.41, 5.74) is 7.46. The van der Waals surface area contributed by atoms with Crippen molar-refractivity contribution in [1.82, 2.24) is 0 Å². The average molecular weight is 352 g/mol. The molecule has 128 valence electrons. The molecule has 3 rings (SSSR count). The van der Waals surface area contributed by atoms with Crippen molar-refractivity contribution in [3.8, 4) is 28.0 Å². The highest BCUT2D eigenvalue weighted by Crippen LogP contribution is 2.46. The van der Waals surface area contributed by atoms with Gasteiger partial charge in [0, 0.05) is 5.56 Å². The zero-order chi connectivity index (χ0) is 18.0. The molecule has 0 bridgehead atoms. The maximum Gasteiger partial charge on any atom is 0.391 e. The number of hydrogen-bond donors (Lipinski definition) is 2. The van der Waals surface area contributed by atoms with Crippen LogP contribution in [-0.2, 0) is 0 Å². The van der Waals surface area contributed by atoms with Gasteiger partial charge in [-0.1, -0.05) is 54.6 Å². The Balaban J connectivity index is 2.38. The molecule has 0 saturated carbocycles. The van der Waals surface area contributed by atoms with Crippen molar-refractivity contribution in [2.24, 2.45) is 0 Å². The summed E-state index contributed by atoms with van der Waals surface area (Å²) in [4.78, 5) is 18.9. The van der Waals surface area contributed by atoms with Crippen LogP contribution in [0.5, 0.6) is 5.75 Å². The van der Waals surface area contributed by atoms with E-state index in [0.29, 0.717) is 5.75 Å². The molecule has 0 aliphatic carbocycles. The molecule has 4 heteroatoms. The van der Waals surface area contributed by atoms with Gasteiger partial charge in [-0.25, -0.2) is 0 Å². The van der Waals surface area contributed by atoms with Crippen molar-refractivity contribution in [2.75, 3.05) is 0 Å². The molecule has 0 fully saturated rings. The number of benzene rings is 3. The van der Waals surface area contributed by atoms with Gasteiger partial charge in [0.05, 0.1) is 0 Å². The van der Waals surface area contributed by atoms with E-state index in [9.17, 15) is 9.79 Å². The standard InChI is InChI=1S/C21H21O3P/c1-14-8-4-6-10-17(14)20-16(3)12-13-19(24-25(22)23)21(20)18-11-7-5-9-15(18)2/h4-13,22-23H,1-3H3. The molecule has 0 saturated heterocycles. The Hall–Kier alpha value is -2.19. The Morgan fingerprint density at radius 1 is 0.640 bits per heavy atom. The second-order valence-corrected chi connectivity index (χ2v) is 6.79. The van der Waals surface area contributed by atoms with Crippen LogP contribution in [0.4, 0.5) is 0 Å². The summed E-state index contributed by atoms with van der Waals surface area (Å²) in [5.74, 6) is 0.481. The van der Waals surface area contributed by atoms with Crippen molar-refractivity contribution in [3.63, 3.8) is 0 Å². The first-order valence-corrected chi connectivity index (χ1v) is 9.27. The van der Waals surface area contributed by atoms with E-state index < -0.39 is 8.60 Å². The van der Waals surface area contributed by atoms with E-state index >= 15 is 0 Å². The fourth-order valence-electron chi connectivity index (χ4n) is 3.17. The van der Waals surface area contributed by atoms with Crippen LogP contribution < -0.4 is 4.52 Å². The summed E-state index contributed by atoms with van der Waals surface area (Å²) in [6.45, 7) is 6.19. The number of hydrogen-bond acceptors (Lipinski definition) is 3. The van der Waals surface area contributed by atoms with Gasteiger partial charge in [-0.05, 0) is 60.2 Å². The highest BCUT2D eigenvalue weighted by atomic mass is 31.2. The lowest BCUT2D eigenvalue weighted by atomic mass is 9.87. The van der Waals surface area contributed by atoms with E-state index in [1.165, 1.54) is 0 Å². The first-order valence-electron chi connectivity index (χ1n) is 8.10. The molecular weight excluding hydrogens is 331 g/mol. The van der Waals surface area contributed by atoms with Crippen LogP contribution in [-0.4, -0.2) is 9.79 Å². The predicted molar refractivity (Wildman–Crippen MR) is 104 cm³/mol. The van der Waals surface area contributed by atoms with E-state index in [4.69, 9.17) is 4.52 Å². The maximum atomic E-state index is 9.43. The third-order valence-corrected chi connectivity index (χ3v) is 4.74. The van der Waals surface area contributed by atoms with Gasteiger partial charge in [0.2, 0.25) is 0 Å². The van der Waals surface area contributed by atoms with Gasteiger partial charge in [0.15, 0.2) is 0 Å². The van der Waals surface area contributed by atoms with Gasteiger partial charge in [-0.3, -0.25) is 0 Å². The molecule has 0 aliphatic rings. The van der Waals surface area contributed by atoms with E-state index in [2.05, 4.69) is 26.0 Å². The van der Waals surface area contributed by atoms with Crippen LogP contribution in [0.1, 0.15) is 16.7 Å². The highest BCUT2D eigenvalue weighted by Gasteiger charge is 2.20. The van der Waals surface area contributed by atoms with E-state index in [-0.39, 0.29) is 0 Å². The topological polar surface area (TPSA) is 49.7 Å². The van der Waals surface area contributed by atoms with Crippen LogP contribution in [0.2, 0.25) is 0 Å². The average Bonchev–Trinajstić information content (AvgIpc) is 2.57. The quantitative estimate of drug-likeness (QED) is 0.607. The first-order chi connectivity index (χ1) is 12.0. The van der Waals surface area contributed by atoms with Crippen molar-refractivity contribution < 1.29 is 14.3 Å². The molecule has 2 N–H and O–H groups in total. The van der Waals surface area contributed by atoms with Crippen molar-refractivity contribution >= 4 is 8.60 Å². The highest BCUT2D eigenvalue weighted by molar-refractivity contribution is 7.39. The van der Waals surface area contributed by atoms with Crippen LogP contribution in [0.25, 0.3) is 22.3 Å². The van der Waals surface area contributed by atoms with E-state index in [1.807, 2.05) is 49.4 Å². The zero-order valence-electron chi connectivity index (χ0n) is 14.5. The second kappa shape index (κ2) is 7.37. The Labute approximate surface area is 149 Å². The third kappa shape index (κ3) is 3.59. The molecule has 0 aromatic heterocycles. The predicted octanol–water partition coefficient (Wildman–Crippen LogP) is 5.54. The maximum absolute atomic E-state index is 9.43. The van der Waals surface area contributed by atoms with Crippen LogP contribution >= 0.6 is 8.60 Å². The van der Waals surface area contributed by atoms with Gasteiger partial charge in [0.25, 0.3) is 0 Å². The fraction of sp³-hybridized carbons (Fsp3) is 0.143. The lowest BCUT2D eigenvalue weighted by molar-refractivity contribution is 0.375. The van der Waals surface area contributed by atoms with Gasteiger partial charge < -0.3 is 14.3 Å². The second-order valence-electron chi connectivity index (χ2n) is 6.10. The first kappa shape index (κ1) is 17.6. The van der Waals surface area contributed by atoms with Crippen LogP contribution in [0.15, 0.2) is 60.7 Å². The number of rotatable bonds is 4. The lowest BCUT2D eigenvalue weighted by Crippen LogP contribution is -1.97. The normalized spacial score (nSPS) is 11.0. The molecule has 0 spiro atoms. The van der Waals surface area contributed by atoms with E-state index in [1.54, 1.807) is 6.07 Å². The van der Waals surface area contributed by atoms with Gasteiger partial charge in [-0.15, -0.1) is 0 Å². The third-order valence-electron chi connectivity index (χ3n) is 4.38. The Bertz CT molecular complexity index is 903. The summed E-state index contributed by atoms with van der Waals surface area (Å²) < 4.78 is 5.39. The molecule has 3 aromatic carbocycles. The fourth-order valence-corrected chi connectivity index (χ4v) is 3.50. The van der Waals surface area contributed by atoms with Gasteiger partial charge in [-0.2, -0.15) is 0 Å². The van der Waals surface area contributed by atoms with Crippen molar-refractivity contribution in [3.05, 3.63) is 77.4 Å². The van der Waals surface area contributed by atoms with Crippen molar-refractivity contribution in [1.29, 1.82) is 0 Å². The Morgan fingerprint density at radius 3 is 1.68 bits per heavy atom. The summed E-state index contributed by atoms with van der Waals surface area (Å²) in [6, 6.07) is 20.0. The van der Waals surface area contributed by atoms with Crippen LogP contribution in [0.3, 0.4) is 0 Å². The minimum Gasteiger partial charge on any atom is -0.426 e. The van der Waals surface area contributed by atoms with Gasteiger partial charge in [0.1, 0.15) is 5.75 Å². The summed E-state index contributed by atoms with van der Waals surface area (Å²) in [6.07, 6.45) is 0. The molecule has 0 atom stereocenters. The molecule has 0 heterocycles. The monoisotopic (exact) mass is 352 g/mol. The largest absolute Gasteiger partial charge is 0.426 e. The van der Waals surface area contributed by atoms with Crippen LogP contribution in [0, 0.1) is 20.8 Å². The van der Waals surface area contributed by atoms with Crippen molar-refractivity contribution in [2.45, 2.75) is 20.8 Å². The Morgan fingerprint density at radius 2 is 1.16 bits per heavy atom. The molecule has 3 aromatic rings. The summed E-state index contributed by atoms with van der Waals surface area (Å²) in [7, 11) is -2.49. The molecule has 3 nitrogen and oxygen atoms in total. The molecule has 0 amide bonds. The minimum atomic E-state index is -2.49. The summed E-state index contributed by atoms with van der Waals surface area (Å²) >= 11 is 0.